The molecule has 1 atom stereocenters. The van der Waals surface area contributed by atoms with Crippen molar-refractivity contribution in [2.24, 2.45) is 0 Å². The van der Waals surface area contributed by atoms with E-state index in [1.54, 1.807) is 0 Å². The Kier molecular flexibility index (Phi) is 2.58. The van der Waals surface area contributed by atoms with Crippen molar-refractivity contribution in [1.29, 1.82) is 0 Å². The van der Waals surface area contributed by atoms with Gasteiger partial charge in [0.05, 0.1) is 0 Å². The summed E-state index contributed by atoms with van der Waals surface area (Å²) in [5, 5.41) is 17.8. The van der Waals surface area contributed by atoms with Gasteiger partial charge >= 0.3 is 8.25 Å². The summed E-state index contributed by atoms with van der Waals surface area (Å²) in [5.74, 6) is -0.500. The molecule has 0 bridgehead atoms. The molecule has 0 saturated carbocycles. The second-order valence-electron chi connectivity index (χ2n) is 2.05. The van der Waals surface area contributed by atoms with E-state index in [0.717, 1.165) is 18.2 Å². The molecule has 0 aromatic heterocycles. The van der Waals surface area contributed by atoms with E-state index in [1.165, 1.54) is 0 Å². The molecule has 1 rings (SSSR count). The van der Waals surface area contributed by atoms with Crippen LogP contribution < -0.4 is 4.52 Å². The zero-order valence-electron chi connectivity index (χ0n) is 5.89. The van der Waals surface area contributed by atoms with E-state index in [4.69, 9.17) is 15.1 Å². The first-order chi connectivity index (χ1) is 5.58. The van der Waals surface area contributed by atoms with Gasteiger partial charge in [0, 0.05) is 18.2 Å². The average Bonchev–Trinajstić information content (AvgIpc) is 1.81. The summed E-state index contributed by atoms with van der Waals surface area (Å²) in [7, 11) is -3.09. The van der Waals surface area contributed by atoms with Crippen LogP contribution in [0.25, 0.3) is 0 Å². The summed E-state index contributed by atoms with van der Waals surface area (Å²) in [6.07, 6.45) is 0. The number of aromatic hydroxyl groups is 2. The Morgan fingerprint density at radius 2 is 1.67 bits per heavy atom. The summed E-state index contributed by atoms with van der Waals surface area (Å²) in [5.41, 5.74) is 0. The quantitative estimate of drug-likeness (QED) is 0.602. The summed E-state index contributed by atoms with van der Waals surface area (Å²) in [4.78, 5) is 8.35. The van der Waals surface area contributed by atoms with E-state index >= 15 is 0 Å². The van der Waals surface area contributed by atoms with Crippen LogP contribution in [0.4, 0.5) is 0 Å². The van der Waals surface area contributed by atoms with Gasteiger partial charge < -0.3 is 19.6 Å². The van der Waals surface area contributed by atoms with Crippen LogP contribution >= 0.6 is 8.25 Å². The van der Waals surface area contributed by atoms with Gasteiger partial charge in [-0.25, -0.2) is 4.57 Å². The highest BCUT2D eigenvalue weighted by molar-refractivity contribution is 7.32. The van der Waals surface area contributed by atoms with Gasteiger partial charge in [-0.2, -0.15) is 0 Å². The van der Waals surface area contributed by atoms with Crippen LogP contribution in [-0.4, -0.2) is 15.1 Å². The van der Waals surface area contributed by atoms with E-state index in [9.17, 15) is 4.57 Å². The molecule has 1 aromatic rings. The van der Waals surface area contributed by atoms with Gasteiger partial charge in [0.15, 0.2) is 0 Å². The standard InChI is InChI=1S/C6H7O5P/c7-4-1-5(8)3-6(2-4)11-12(9)10/h1-3,7-8,12H,(H,9,10). The molecule has 0 amide bonds. The Hall–Kier alpha value is -1.19. The molecule has 12 heavy (non-hydrogen) atoms. The second kappa shape index (κ2) is 3.47. The first kappa shape index (κ1) is 8.90. The molecular formula is C6H7O5P. The largest absolute Gasteiger partial charge is 0.508 e. The van der Waals surface area contributed by atoms with Crippen molar-refractivity contribution < 1.29 is 24.2 Å². The van der Waals surface area contributed by atoms with E-state index in [1.807, 2.05) is 0 Å². The third-order valence-corrected chi connectivity index (χ3v) is 1.49. The van der Waals surface area contributed by atoms with Crippen molar-refractivity contribution in [3.8, 4) is 17.2 Å². The highest BCUT2D eigenvalue weighted by atomic mass is 31.1. The van der Waals surface area contributed by atoms with Crippen LogP contribution in [0, 0.1) is 0 Å². The zero-order valence-corrected chi connectivity index (χ0v) is 6.89. The normalized spacial score (nSPS) is 12.4. The molecule has 0 saturated heterocycles. The number of rotatable bonds is 2. The van der Waals surface area contributed by atoms with Crippen LogP contribution in [0.15, 0.2) is 18.2 Å². The van der Waals surface area contributed by atoms with Crippen LogP contribution in [0.2, 0.25) is 0 Å². The number of benzene rings is 1. The van der Waals surface area contributed by atoms with Gasteiger partial charge in [0.1, 0.15) is 17.2 Å². The maximum atomic E-state index is 10.2. The molecule has 5 nitrogen and oxygen atoms in total. The minimum atomic E-state index is -3.09. The topological polar surface area (TPSA) is 87.0 Å². The minimum Gasteiger partial charge on any atom is -0.508 e. The van der Waals surface area contributed by atoms with Crippen molar-refractivity contribution in [3.05, 3.63) is 18.2 Å². The molecule has 0 aliphatic rings. The van der Waals surface area contributed by atoms with Gasteiger partial charge in [-0.1, -0.05) is 0 Å². The molecule has 0 radical (unpaired) electrons. The fraction of sp³-hybridized carbons (Fsp3) is 0. The maximum absolute atomic E-state index is 10.2. The number of hydrogen-bond acceptors (Lipinski definition) is 4. The third-order valence-electron chi connectivity index (χ3n) is 1.08. The van der Waals surface area contributed by atoms with Gasteiger partial charge in [-0.3, -0.25) is 0 Å². The molecule has 6 heteroatoms. The van der Waals surface area contributed by atoms with Crippen molar-refractivity contribution in [3.63, 3.8) is 0 Å². The highest BCUT2D eigenvalue weighted by Gasteiger charge is 2.01. The lowest BCUT2D eigenvalue weighted by Gasteiger charge is -2.02. The van der Waals surface area contributed by atoms with Gasteiger partial charge in [-0.15, -0.1) is 0 Å². The van der Waals surface area contributed by atoms with Crippen molar-refractivity contribution in [1.82, 2.24) is 0 Å². The van der Waals surface area contributed by atoms with E-state index in [-0.39, 0.29) is 17.2 Å². The third kappa shape index (κ3) is 2.45. The van der Waals surface area contributed by atoms with Crippen molar-refractivity contribution >= 4 is 8.25 Å². The number of phenolic OH excluding ortho intramolecular Hbond substituents is 2. The Morgan fingerprint density at radius 1 is 1.17 bits per heavy atom. The predicted molar refractivity (Wildman–Crippen MR) is 41.6 cm³/mol. The Morgan fingerprint density at radius 3 is 2.08 bits per heavy atom. The first-order valence-corrected chi connectivity index (χ1v) is 4.28. The lowest BCUT2D eigenvalue weighted by molar-refractivity contribution is 0.404. The fourth-order valence-corrected chi connectivity index (χ4v) is 1.05. The summed E-state index contributed by atoms with van der Waals surface area (Å²) in [6, 6.07) is 3.33. The van der Waals surface area contributed by atoms with E-state index < -0.39 is 8.25 Å². The average molecular weight is 190 g/mol. The molecule has 66 valence electrons. The molecule has 0 spiro atoms. The van der Waals surface area contributed by atoms with Crippen molar-refractivity contribution in [2.75, 3.05) is 0 Å². The lowest BCUT2D eigenvalue weighted by Crippen LogP contribution is -1.79. The molecule has 1 unspecified atom stereocenters. The van der Waals surface area contributed by atoms with Gasteiger partial charge in [0.25, 0.3) is 0 Å². The fourth-order valence-electron chi connectivity index (χ4n) is 0.728. The van der Waals surface area contributed by atoms with E-state index in [0.29, 0.717) is 0 Å². The smallest absolute Gasteiger partial charge is 0.365 e. The van der Waals surface area contributed by atoms with Crippen molar-refractivity contribution in [2.45, 2.75) is 0 Å². The van der Waals surface area contributed by atoms with Crippen LogP contribution in [0.1, 0.15) is 0 Å². The minimum absolute atomic E-state index is 0.0427. The van der Waals surface area contributed by atoms with Crippen LogP contribution in [0.3, 0.4) is 0 Å². The lowest BCUT2D eigenvalue weighted by atomic mass is 10.3. The molecule has 0 heterocycles. The molecule has 3 N–H and O–H groups in total. The molecule has 0 aliphatic carbocycles. The summed E-state index contributed by atoms with van der Waals surface area (Å²) in [6.45, 7) is 0. The van der Waals surface area contributed by atoms with E-state index in [2.05, 4.69) is 4.52 Å². The summed E-state index contributed by atoms with van der Waals surface area (Å²) < 4.78 is 14.5. The first-order valence-electron chi connectivity index (χ1n) is 3.02. The molecule has 0 aliphatic heterocycles. The molecule has 1 aromatic carbocycles. The van der Waals surface area contributed by atoms with Gasteiger partial charge in [-0.05, 0) is 0 Å². The van der Waals surface area contributed by atoms with Crippen LogP contribution in [0.5, 0.6) is 17.2 Å². The number of hydrogen-bond donors (Lipinski definition) is 3. The SMILES string of the molecule is O=[PH](O)Oc1cc(O)cc(O)c1. The summed E-state index contributed by atoms with van der Waals surface area (Å²) >= 11 is 0. The number of phenols is 2. The molecule has 0 fully saturated rings. The predicted octanol–water partition coefficient (Wildman–Crippen LogP) is 0.859. The van der Waals surface area contributed by atoms with Gasteiger partial charge in [0.2, 0.25) is 0 Å². The Bertz CT molecular complexity index is 291. The Balaban J connectivity index is 2.93. The monoisotopic (exact) mass is 190 g/mol. The Labute approximate surface area is 68.8 Å². The van der Waals surface area contributed by atoms with Crippen LogP contribution in [-0.2, 0) is 4.57 Å². The highest BCUT2D eigenvalue weighted by Crippen LogP contribution is 2.30. The maximum Gasteiger partial charge on any atom is 0.365 e. The zero-order chi connectivity index (χ0) is 9.14. The molecular weight excluding hydrogens is 183 g/mol. The second-order valence-corrected chi connectivity index (χ2v) is 2.79.